The molecule has 0 fully saturated rings. The molecule has 4 rings (SSSR count). The van der Waals surface area contributed by atoms with Gasteiger partial charge in [-0.05, 0) is 42.3 Å². The van der Waals surface area contributed by atoms with Crippen LogP contribution in [-0.4, -0.2) is 23.4 Å². The number of carbonyl (C=O) groups is 1. The standard InChI is InChI=1S/C30H29N3O4/c1-22(31-20-8-11-23-9-4-2-5-10-23)28(24-14-16-26(17-15-24)33(35)36)21-27-18-19-29(37-27)30(34)32-25-12-6-3-7-13-25/h2-19,22,28,31H,20-21H2,1H3,(H,32,34)/t22-,28+/m1/s1. The van der Waals surface area contributed by atoms with Gasteiger partial charge < -0.3 is 15.1 Å². The van der Waals surface area contributed by atoms with E-state index in [1.54, 1.807) is 24.3 Å². The van der Waals surface area contributed by atoms with Crippen molar-refractivity contribution < 1.29 is 14.1 Å². The zero-order valence-electron chi connectivity index (χ0n) is 20.5. The molecular weight excluding hydrogens is 466 g/mol. The number of benzene rings is 3. The van der Waals surface area contributed by atoms with Gasteiger partial charge in [0.15, 0.2) is 5.76 Å². The zero-order chi connectivity index (χ0) is 26.0. The Balaban J connectivity index is 1.47. The van der Waals surface area contributed by atoms with Gasteiger partial charge in [-0.15, -0.1) is 0 Å². The molecule has 2 atom stereocenters. The van der Waals surface area contributed by atoms with Gasteiger partial charge in [-0.3, -0.25) is 14.9 Å². The quantitative estimate of drug-likeness (QED) is 0.184. The van der Waals surface area contributed by atoms with Crippen molar-refractivity contribution in [1.29, 1.82) is 0 Å². The molecule has 188 valence electrons. The molecule has 0 bridgehead atoms. The normalized spacial score (nSPS) is 12.8. The SMILES string of the molecule is C[C@@H](NCC=Cc1ccccc1)[C@H](Cc1ccc(C(=O)Nc2ccccc2)o1)c1ccc([N+](=O)[O-])cc1. The highest BCUT2D eigenvalue weighted by atomic mass is 16.6. The molecular formula is C30H29N3O4. The van der Waals surface area contributed by atoms with Gasteiger partial charge >= 0.3 is 0 Å². The van der Waals surface area contributed by atoms with Crippen molar-refractivity contribution in [3.05, 3.63) is 136 Å². The fourth-order valence-electron chi connectivity index (χ4n) is 4.12. The van der Waals surface area contributed by atoms with Crippen LogP contribution in [0, 0.1) is 10.1 Å². The van der Waals surface area contributed by atoms with Gasteiger partial charge in [0.2, 0.25) is 0 Å². The Hall–Kier alpha value is -4.49. The minimum absolute atomic E-state index is 0.0218. The van der Waals surface area contributed by atoms with Crippen molar-refractivity contribution >= 4 is 23.4 Å². The fourth-order valence-corrected chi connectivity index (χ4v) is 4.12. The van der Waals surface area contributed by atoms with E-state index in [2.05, 4.69) is 29.7 Å². The Kier molecular flexibility index (Phi) is 8.62. The summed E-state index contributed by atoms with van der Waals surface area (Å²) in [4.78, 5) is 23.3. The Labute approximate surface area is 216 Å². The third-order valence-corrected chi connectivity index (χ3v) is 6.14. The lowest BCUT2D eigenvalue weighted by Crippen LogP contribution is -2.33. The number of nitrogens with one attached hydrogen (secondary N) is 2. The molecule has 0 unspecified atom stereocenters. The summed E-state index contributed by atoms with van der Waals surface area (Å²) in [5.41, 5.74) is 2.81. The lowest BCUT2D eigenvalue weighted by Gasteiger charge is -2.24. The highest BCUT2D eigenvalue weighted by Gasteiger charge is 2.23. The average molecular weight is 496 g/mol. The number of furan rings is 1. The van der Waals surface area contributed by atoms with Crippen LogP contribution in [0.25, 0.3) is 6.08 Å². The maximum absolute atomic E-state index is 12.6. The maximum Gasteiger partial charge on any atom is 0.291 e. The van der Waals surface area contributed by atoms with E-state index in [0.717, 1.165) is 11.1 Å². The molecule has 37 heavy (non-hydrogen) atoms. The molecule has 4 aromatic rings. The smallest absolute Gasteiger partial charge is 0.291 e. The van der Waals surface area contributed by atoms with Crippen molar-refractivity contribution in [3.63, 3.8) is 0 Å². The molecule has 0 spiro atoms. The first kappa shape index (κ1) is 25.6. The van der Waals surface area contributed by atoms with Crippen molar-refractivity contribution in [2.45, 2.75) is 25.3 Å². The van der Waals surface area contributed by atoms with Crippen LogP contribution in [0.15, 0.2) is 108 Å². The molecule has 3 aromatic carbocycles. The number of nitrogens with zero attached hydrogens (tertiary/aromatic N) is 1. The summed E-state index contributed by atoms with van der Waals surface area (Å²) in [7, 11) is 0. The molecule has 1 heterocycles. The van der Waals surface area contributed by atoms with E-state index >= 15 is 0 Å². The number of rotatable bonds is 11. The highest BCUT2D eigenvalue weighted by molar-refractivity contribution is 6.02. The van der Waals surface area contributed by atoms with E-state index in [4.69, 9.17) is 4.42 Å². The number of carbonyl (C=O) groups excluding carboxylic acids is 1. The largest absolute Gasteiger partial charge is 0.456 e. The number of hydrogen-bond donors (Lipinski definition) is 2. The molecule has 0 radical (unpaired) electrons. The Bertz CT molecular complexity index is 1330. The first-order valence-corrected chi connectivity index (χ1v) is 12.1. The first-order chi connectivity index (χ1) is 18.0. The topological polar surface area (TPSA) is 97.4 Å². The zero-order valence-corrected chi connectivity index (χ0v) is 20.5. The van der Waals surface area contributed by atoms with E-state index < -0.39 is 4.92 Å². The summed E-state index contributed by atoms with van der Waals surface area (Å²) in [6, 6.07) is 29.4. The highest BCUT2D eigenvalue weighted by Crippen LogP contribution is 2.27. The number of para-hydroxylation sites is 1. The fraction of sp³-hybridized carbons (Fsp3) is 0.167. The van der Waals surface area contributed by atoms with Gasteiger partial charge in [0.05, 0.1) is 4.92 Å². The van der Waals surface area contributed by atoms with Crippen LogP contribution >= 0.6 is 0 Å². The molecule has 0 saturated heterocycles. The van der Waals surface area contributed by atoms with Gasteiger partial charge in [-0.2, -0.15) is 0 Å². The van der Waals surface area contributed by atoms with E-state index in [1.165, 1.54) is 12.1 Å². The van der Waals surface area contributed by atoms with E-state index in [9.17, 15) is 14.9 Å². The molecule has 1 amide bonds. The van der Waals surface area contributed by atoms with E-state index in [1.807, 2.05) is 60.7 Å². The Morgan fingerprint density at radius 1 is 0.946 bits per heavy atom. The molecule has 0 saturated carbocycles. The number of nitro groups is 1. The number of nitro benzene ring substituents is 1. The summed E-state index contributed by atoms with van der Waals surface area (Å²) in [6.45, 7) is 2.73. The Morgan fingerprint density at radius 3 is 2.30 bits per heavy atom. The number of non-ortho nitro benzene ring substituents is 1. The van der Waals surface area contributed by atoms with Crippen LogP contribution < -0.4 is 10.6 Å². The number of amides is 1. The molecule has 0 aliphatic carbocycles. The Morgan fingerprint density at radius 2 is 1.62 bits per heavy atom. The van der Waals surface area contributed by atoms with Crippen LogP contribution in [0.5, 0.6) is 0 Å². The molecule has 1 aromatic heterocycles. The van der Waals surface area contributed by atoms with Gasteiger partial charge in [0.25, 0.3) is 11.6 Å². The molecule has 0 aliphatic rings. The summed E-state index contributed by atoms with van der Waals surface area (Å²) in [5, 5.41) is 17.5. The summed E-state index contributed by atoms with van der Waals surface area (Å²) < 4.78 is 5.90. The predicted octanol–water partition coefficient (Wildman–Crippen LogP) is 6.46. The van der Waals surface area contributed by atoms with Gasteiger partial charge in [-0.1, -0.05) is 72.8 Å². The van der Waals surface area contributed by atoms with E-state index in [0.29, 0.717) is 24.4 Å². The monoisotopic (exact) mass is 495 g/mol. The van der Waals surface area contributed by atoms with Gasteiger partial charge in [0.1, 0.15) is 5.76 Å². The van der Waals surface area contributed by atoms with Crippen molar-refractivity contribution in [2.75, 3.05) is 11.9 Å². The summed E-state index contributed by atoms with van der Waals surface area (Å²) in [6.07, 6.45) is 4.65. The third kappa shape index (κ3) is 7.25. The minimum Gasteiger partial charge on any atom is -0.456 e. The lowest BCUT2D eigenvalue weighted by molar-refractivity contribution is -0.384. The first-order valence-electron chi connectivity index (χ1n) is 12.1. The number of hydrogen-bond acceptors (Lipinski definition) is 5. The summed E-state index contributed by atoms with van der Waals surface area (Å²) in [5.74, 6) is 0.534. The van der Waals surface area contributed by atoms with Crippen LogP contribution in [0.3, 0.4) is 0 Å². The molecule has 7 nitrogen and oxygen atoms in total. The second-order valence-corrected chi connectivity index (χ2v) is 8.76. The van der Waals surface area contributed by atoms with Crippen LogP contribution in [0.4, 0.5) is 11.4 Å². The van der Waals surface area contributed by atoms with Crippen LogP contribution in [-0.2, 0) is 6.42 Å². The van der Waals surface area contributed by atoms with Crippen LogP contribution in [0.2, 0.25) is 0 Å². The second kappa shape index (κ2) is 12.5. The molecule has 2 N–H and O–H groups in total. The maximum atomic E-state index is 12.6. The molecule has 0 aliphatic heterocycles. The van der Waals surface area contributed by atoms with Gasteiger partial charge in [-0.25, -0.2) is 0 Å². The van der Waals surface area contributed by atoms with Crippen molar-refractivity contribution in [2.24, 2.45) is 0 Å². The second-order valence-electron chi connectivity index (χ2n) is 8.76. The van der Waals surface area contributed by atoms with Gasteiger partial charge in [0, 0.05) is 42.7 Å². The minimum atomic E-state index is -0.404. The summed E-state index contributed by atoms with van der Waals surface area (Å²) >= 11 is 0. The van der Waals surface area contributed by atoms with Crippen molar-refractivity contribution in [3.8, 4) is 0 Å². The van der Waals surface area contributed by atoms with Crippen molar-refractivity contribution in [1.82, 2.24) is 5.32 Å². The molecule has 7 heteroatoms. The lowest BCUT2D eigenvalue weighted by atomic mass is 9.88. The number of anilines is 1. The van der Waals surface area contributed by atoms with E-state index in [-0.39, 0.29) is 29.3 Å². The average Bonchev–Trinajstić information content (AvgIpc) is 3.40. The van der Waals surface area contributed by atoms with Crippen LogP contribution in [0.1, 0.15) is 40.3 Å². The third-order valence-electron chi connectivity index (χ3n) is 6.14. The predicted molar refractivity (Wildman–Crippen MR) is 146 cm³/mol.